The van der Waals surface area contributed by atoms with Gasteiger partial charge in [-0.2, -0.15) is 0 Å². The lowest BCUT2D eigenvalue weighted by Crippen LogP contribution is -2.19. The van der Waals surface area contributed by atoms with Gasteiger partial charge in [0, 0.05) is 18.8 Å². The second-order valence-electron chi connectivity index (χ2n) is 3.18. The van der Waals surface area contributed by atoms with Crippen LogP contribution >= 0.6 is 0 Å². The predicted molar refractivity (Wildman–Crippen MR) is 60.0 cm³/mol. The van der Waals surface area contributed by atoms with E-state index in [9.17, 15) is 4.79 Å². The highest BCUT2D eigenvalue weighted by Crippen LogP contribution is 2.21. The van der Waals surface area contributed by atoms with Gasteiger partial charge in [-0.05, 0) is 18.6 Å². The standard InChI is InChI=1S/C11H16N2O2/c1-3-6-15-10-7-8(12)4-5-9(10)11(14)13-2/h4-5,7H,3,6,12H2,1-2H3,(H,13,14). The van der Waals surface area contributed by atoms with Crippen LogP contribution in [0, 0.1) is 0 Å². The zero-order valence-corrected chi connectivity index (χ0v) is 9.04. The summed E-state index contributed by atoms with van der Waals surface area (Å²) < 4.78 is 5.45. The summed E-state index contributed by atoms with van der Waals surface area (Å²) in [6.07, 6.45) is 0.891. The summed E-state index contributed by atoms with van der Waals surface area (Å²) in [5.74, 6) is 0.373. The van der Waals surface area contributed by atoms with Gasteiger partial charge >= 0.3 is 0 Å². The Morgan fingerprint density at radius 1 is 1.53 bits per heavy atom. The van der Waals surface area contributed by atoms with E-state index >= 15 is 0 Å². The monoisotopic (exact) mass is 208 g/mol. The van der Waals surface area contributed by atoms with Gasteiger partial charge in [-0.15, -0.1) is 0 Å². The summed E-state index contributed by atoms with van der Waals surface area (Å²) >= 11 is 0. The Balaban J connectivity index is 2.97. The first kappa shape index (κ1) is 11.4. The number of rotatable bonds is 4. The van der Waals surface area contributed by atoms with E-state index in [0.717, 1.165) is 6.42 Å². The number of ether oxygens (including phenoxy) is 1. The minimum absolute atomic E-state index is 0.166. The maximum Gasteiger partial charge on any atom is 0.254 e. The highest BCUT2D eigenvalue weighted by Gasteiger charge is 2.10. The normalized spacial score (nSPS) is 9.73. The first-order valence-electron chi connectivity index (χ1n) is 4.93. The molecule has 0 saturated heterocycles. The predicted octanol–water partition coefficient (Wildman–Crippen LogP) is 1.42. The van der Waals surface area contributed by atoms with Crippen molar-refractivity contribution in [1.29, 1.82) is 0 Å². The van der Waals surface area contributed by atoms with Gasteiger partial charge in [0.05, 0.1) is 12.2 Å². The van der Waals surface area contributed by atoms with Crippen molar-refractivity contribution in [3.8, 4) is 5.75 Å². The Bertz CT molecular complexity index is 350. The third-order valence-electron chi connectivity index (χ3n) is 1.94. The Labute approximate surface area is 89.4 Å². The van der Waals surface area contributed by atoms with E-state index in [2.05, 4.69) is 5.32 Å². The lowest BCUT2D eigenvalue weighted by molar-refractivity contribution is 0.0959. The summed E-state index contributed by atoms with van der Waals surface area (Å²) in [6, 6.07) is 5.02. The van der Waals surface area contributed by atoms with Crippen LogP contribution < -0.4 is 15.8 Å². The van der Waals surface area contributed by atoms with Gasteiger partial charge in [0.1, 0.15) is 5.75 Å². The SMILES string of the molecule is CCCOc1cc(N)ccc1C(=O)NC. The van der Waals surface area contributed by atoms with Gasteiger partial charge in [-0.1, -0.05) is 6.92 Å². The molecule has 0 bridgehead atoms. The molecule has 0 aliphatic heterocycles. The first-order valence-corrected chi connectivity index (χ1v) is 4.93. The van der Waals surface area contributed by atoms with Crippen LogP contribution in [-0.2, 0) is 0 Å². The molecule has 0 spiro atoms. The molecule has 0 saturated carbocycles. The van der Waals surface area contributed by atoms with Crippen LogP contribution in [0.2, 0.25) is 0 Å². The van der Waals surface area contributed by atoms with Crippen molar-refractivity contribution < 1.29 is 9.53 Å². The van der Waals surface area contributed by atoms with E-state index in [4.69, 9.17) is 10.5 Å². The minimum atomic E-state index is -0.166. The van der Waals surface area contributed by atoms with Crippen molar-refractivity contribution in [3.05, 3.63) is 23.8 Å². The molecule has 0 atom stereocenters. The van der Waals surface area contributed by atoms with Crippen LogP contribution in [0.15, 0.2) is 18.2 Å². The summed E-state index contributed by atoms with van der Waals surface area (Å²) in [5.41, 5.74) is 6.73. The molecule has 0 heterocycles. The lowest BCUT2D eigenvalue weighted by Gasteiger charge is -2.10. The minimum Gasteiger partial charge on any atom is -0.493 e. The maximum absolute atomic E-state index is 11.5. The number of hydrogen-bond donors (Lipinski definition) is 2. The second kappa shape index (κ2) is 5.24. The molecule has 1 aromatic rings. The van der Waals surface area contributed by atoms with Crippen molar-refractivity contribution >= 4 is 11.6 Å². The summed E-state index contributed by atoms with van der Waals surface area (Å²) in [7, 11) is 1.59. The Hall–Kier alpha value is -1.71. The fourth-order valence-electron chi connectivity index (χ4n) is 1.19. The smallest absolute Gasteiger partial charge is 0.254 e. The van der Waals surface area contributed by atoms with Crippen molar-refractivity contribution in [3.63, 3.8) is 0 Å². The molecule has 1 rings (SSSR count). The van der Waals surface area contributed by atoms with Crippen molar-refractivity contribution in [2.24, 2.45) is 0 Å². The number of nitrogen functional groups attached to an aromatic ring is 1. The quantitative estimate of drug-likeness (QED) is 0.735. The third-order valence-corrected chi connectivity index (χ3v) is 1.94. The Morgan fingerprint density at radius 2 is 2.27 bits per heavy atom. The molecule has 15 heavy (non-hydrogen) atoms. The number of carbonyl (C=O) groups excluding carboxylic acids is 1. The summed E-state index contributed by atoms with van der Waals surface area (Å²) in [4.78, 5) is 11.5. The molecule has 82 valence electrons. The molecule has 0 radical (unpaired) electrons. The third kappa shape index (κ3) is 2.87. The fraction of sp³-hybridized carbons (Fsp3) is 0.364. The second-order valence-corrected chi connectivity index (χ2v) is 3.18. The number of carbonyl (C=O) groups is 1. The molecule has 0 aliphatic rings. The number of nitrogens with one attached hydrogen (secondary N) is 1. The molecule has 0 aliphatic carbocycles. The van der Waals surface area contributed by atoms with E-state index in [-0.39, 0.29) is 5.91 Å². The van der Waals surface area contributed by atoms with Crippen LogP contribution in [0.1, 0.15) is 23.7 Å². The molecule has 4 nitrogen and oxygen atoms in total. The zero-order valence-electron chi connectivity index (χ0n) is 9.04. The van der Waals surface area contributed by atoms with Gasteiger partial charge < -0.3 is 15.8 Å². The van der Waals surface area contributed by atoms with Crippen LogP contribution in [0.3, 0.4) is 0 Å². The number of amides is 1. The first-order chi connectivity index (χ1) is 7.19. The Kier molecular flexibility index (Phi) is 3.97. The molecular weight excluding hydrogens is 192 g/mol. The molecule has 4 heteroatoms. The highest BCUT2D eigenvalue weighted by molar-refractivity contribution is 5.97. The average Bonchev–Trinajstić information content (AvgIpc) is 2.25. The van der Waals surface area contributed by atoms with Crippen LogP contribution in [-0.4, -0.2) is 19.6 Å². The van der Waals surface area contributed by atoms with Gasteiger partial charge in [0.2, 0.25) is 0 Å². The van der Waals surface area contributed by atoms with Crippen molar-refractivity contribution in [1.82, 2.24) is 5.32 Å². The van der Waals surface area contributed by atoms with E-state index < -0.39 is 0 Å². The van der Waals surface area contributed by atoms with Gasteiger partial charge in [-0.25, -0.2) is 0 Å². The fourth-order valence-corrected chi connectivity index (χ4v) is 1.19. The lowest BCUT2D eigenvalue weighted by atomic mass is 10.1. The van der Waals surface area contributed by atoms with Crippen LogP contribution in [0.5, 0.6) is 5.75 Å². The van der Waals surface area contributed by atoms with Gasteiger partial charge in [0.15, 0.2) is 0 Å². The van der Waals surface area contributed by atoms with Crippen molar-refractivity contribution in [2.75, 3.05) is 19.4 Å². The summed E-state index contributed by atoms with van der Waals surface area (Å²) in [6.45, 7) is 2.58. The van der Waals surface area contributed by atoms with E-state index in [1.807, 2.05) is 6.92 Å². The number of benzene rings is 1. The topological polar surface area (TPSA) is 64.3 Å². The molecule has 1 aromatic carbocycles. The molecule has 0 fully saturated rings. The van der Waals surface area contributed by atoms with Crippen LogP contribution in [0.4, 0.5) is 5.69 Å². The molecule has 0 unspecified atom stereocenters. The zero-order chi connectivity index (χ0) is 11.3. The van der Waals surface area contributed by atoms with E-state index in [1.165, 1.54) is 0 Å². The van der Waals surface area contributed by atoms with Crippen molar-refractivity contribution in [2.45, 2.75) is 13.3 Å². The van der Waals surface area contributed by atoms with Crippen LogP contribution in [0.25, 0.3) is 0 Å². The molecule has 3 N–H and O–H groups in total. The molecule has 0 aromatic heterocycles. The van der Waals surface area contributed by atoms with E-state index in [0.29, 0.717) is 23.6 Å². The average molecular weight is 208 g/mol. The Morgan fingerprint density at radius 3 is 2.87 bits per heavy atom. The number of nitrogens with two attached hydrogens (primary N) is 1. The maximum atomic E-state index is 11.5. The summed E-state index contributed by atoms with van der Waals surface area (Å²) in [5, 5.41) is 2.56. The van der Waals surface area contributed by atoms with Gasteiger partial charge in [-0.3, -0.25) is 4.79 Å². The highest BCUT2D eigenvalue weighted by atomic mass is 16.5. The largest absolute Gasteiger partial charge is 0.493 e. The number of anilines is 1. The number of hydrogen-bond acceptors (Lipinski definition) is 3. The molecule has 1 amide bonds. The van der Waals surface area contributed by atoms with E-state index in [1.54, 1.807) is 25.2 Å². The van der Waals surface area contributed by atoms with Gasteiger partial charge in [0.25, 0.3) is 5.91 Å². The molecular formula is C11H16N2O2.